The van der Waals surface area contributed by atoms with Crippen LogP contribution < -0.4 is 11.1 Å². The Morgan fingerprint density at radius 3 is 2.25 bits per heavy atom. The standard InChI is InChI=1S/C11H22N2O3/c1-3-11(12,4-2)10(16)13-8-6-5-7-9(14)15/h3-8,12H2,1-2H3,(H,13,16)(H,14,15). The summed E-state index contributed by atoms with van der Waals surface area (Å²) < 4.78 is 0. The Hall–Kier alpha value is -1.10. The van der Waals surface area contributed by atoms with E-state index < -0.39 is 11.5 Å². The number of unbranched alkanes of at least 4 members (excludes halogenated alkanes) is 1. The van der Waals surface area contributed by atoms with Gasteiger partial charge < -0.3 is 16.2 Å². The molecule has 5 nitrogen and oxygen atoms in total. The monoisotopic (exact) mass is 230 g/mol. The average Bonchev–Trinajstić information content (AvgIpc) is 2.26. The van der Waals surface area contributed by atoms with Gasteiger partial charge in [-0.1, -0.05) is 13.8 Å². The number of carbonyl (C=O) groups excluding carboxylic acids is 1. The van der Waals surface area contributed by atoms with Crippen molar-refractivity contribution in [3.8, 4) is 0 Å². The summed E-state index contributed by atoms with van der Waals surface area (Å²) in [4.78, 5) is 21.9. The molecule has 0 bridgehead atoms. The second-order valence-electron chi connectivity index (χ2n) is 3.97. The van der Waals surface area contributed by atoms with Gasteiger partial charge in [0.1, 0.15) is 0 Å². The van der Waals surface area contributed by atoms with E-state index in [4.69, 9.17) is 10.8 Å². The lowest BCUT2D eigenvalue weighted by molar-refractivity contribution is -0.137. The number of hydrogen-bond donors (Lipinski definition) is 3. The first-order chi connectivity index (χ1) is 7.46. The molecule has 0 aliphatic carbocycles. The van der Waals surface area contributed by atoms with Crippen LogP contribution in [-0.2, 0) is 9.59 Å². The van der Waals surface area contributed by atoms with Crippen LogP contribution in [-0.4, -0.2) is 29.1 Å². The van der Waals surface area contributed by atoms with E-state index in [9.17, 15) is 9.59 Å². The molecule has 0 aliphatic rings. The second kappa shape index (κ2) is 7.22. The van der Waals surface area contributed by atoms with Crippen LogP contribution in [0.5, 0.6) is 0 Å². The molecule has 5 heteroatoms. The van der Waals surface area contributed by atoms with Crippen LogP contribution in [0.2, 0.25) is 0 Å². The van der Waals surface area contributed by atoms with Crippen molar-refractivity contribution in [2.24, 2.45) is 5.73 Å². The van der Waals surface area contributed by atoms with Crippen molar-refractivity contribution in [3.05, 3.63) is 0 Å². The lowest BCUT2D eigenvalue weighted by atomic mass is 9.93. The highest BCUT2D eigenvalue weighted by molar-refractivity contribution is 5.85. The molecule has 0 heterocycles. The van der Waals surface area contributed by atoms with Crippen molar-refractivity contribution in [3.63, 3.8) is 0 Å². The van der Waals surface area contributed by atoms with Crippen molar-refractivity contribution in [2.75, 3.05) is 6.54 Å². The fraction of sp³-hybridized carbons (Fsp3) is 0.818. The maximum absolute atomic E-state index is 11.7. The minimum Gasteiger partial charge on any atom is -0.481 e. The molecule has 94 valence electrons. The molecule has 0 aromatic rings. The molecule has 0 spiro atoms. The smallest absolute Gasteiger partial charge is 0.303 e. The third kappa shape index (κ3) is 5.11. The molecule has 0 atom stereocenters. The summed E-state index contributed by atoms with van der Waals surface area (Å²) in [5.74, 6) is -0.950. The van der Waals surface area contributed by atoms with Crippen molar-refractivity contribution in [1.29, 1.82) is 0 Å². The van der Waals surface area contributed by atoms with Crippen LogP contribution >= 0.6 is 0 Å². The van der Waals surface area contributed by atoms with Gasteiger partial charge in [0.05, 0.1) is 5.54 Å². The highest BCUT2D eigenvalue weighted by Crippen LogP contribution is 2.10. The lowest BCUT2D eigenvalue weighted by Gasteiger charge is -2.25. The Morgan fingerprint density at radius 2 is 1.81 bits per heavy atom. The number of hydrogen-bond acceptors (Lipinski definition) is 3. The fourth-order valence-electron chi connectivity index (χ4n) is 1.35. The zero-order valence-electron chi connectivity index (χ0n) is 10.1. The van der Waals surface area contributed by atoms with Crippen LogP contribution in [0, 0.1) is 0 Å². The number of nitrogens with two attached hydrogens (primary N) is 1. The Kier molecular flexibility index (Phi) is 6.72. The summed E-state index contributed by atoms with van der Waals surface area (Å²) in [5.41, 5.74) is 5.11. The van der Waals surface area contributed by atoms with Gasteiger partial charge in [-0.3, -0.25) is 9.59 Å². The highest BCUT2D eigenvalue weighted by atomic mass is 16.4. The molecule has 0 unspecified atom stereocenters. The highest BCUT2D eigenvalue weighted by Gasteiger charge is 2.29. The molecule has 4 N–H and O–H groups in total. The zero-order valence-corrected chi connectivity index (χ0v) is 10.1. The van der Waals surface area contributed by atoms with Crippen LogP contribution in [0.15, 0.2) is 0 Å². The topological polar surface area (TPSA) is 92.4 Å². The Bertz CT molecular complexity index is 237. The van der Waals surface area contributed by atoms with Gasteiger partial charge in [0.2, 0.25) is 5.91 Å². The molecule has 0 aromatic heterocycles. The van der Waals surface area contributed by atoms with E-state index >= 15 is 0 Å². The average molecular weight is 230 g/mol. The number of rotatable bonds is 8. The Morgan fingerprint density at radius 1 is 1.25 bits per heavy atom. The minimum atomic E-state index is -0.804. The molecule has 0 aliphatic heterocycles. The minimum absolute atomic E-state index is 0.144. The molecule has 1 amide bonds. The predicted octanol–water partition coefficient (Wildman–Crippen LogP) is 0.875. The molecule has 0 aromatic carbocycles. The van der Waals surface area contributed by atoms with Crippen molar-refractivity contribution in [1.82, 2.24) is 5.32 Å². The molecule has 16 heavy (non-hydrogen) atoms. The maximum atomic E-state index is 11.7. The van der Waals surface area contributed by atoms with Crippen LogP contribution in [0.4, 0.5) is 0 Å². The first-order valence-electron chi connectivity index (χ1n) is 5.75. The van der Waals surface area contributed by atoms with E-state index in [1.54, 1.807) is 0 Å². The van der Waals surface area contributed by atoms with Gasteiger partial charge in [0.25, 0.3) is 0 Å². The summed E-state index contributed by atoms with van der Waals surface area (Å²) >= 11 is 0. The number of carboxylic acid groups (broad SMARTS) is 1. The number of nitrogens with one attached hydrogen (secondary N) is 1. The summed E-state index contributed by atoms with van der Waals surface area (Å²) in [6.45, 7) is 4.26. The van der Waals surface area contributed by atoms with Gasteiger partial charge >= 0.3 is 5.97 Å². The van der Waals surface area contributed by atoms with Gasteiger partial charge in [-0.05, 0) is 25.7 Å². The second-order valence-corrected chi connectivity index (χ2v) is 3.97. The summed E-state index contributed by atoms with van der Waals surface area (Å²) in [5, 5.41) is 11.2. The SMILES string of the molecule is CCC(N)(CC)C(=O)NCCCCC(=O)O. The first-order valence-corrected chi connectivity index (χ1v) is 5.75. The molecule has 0 rings (SSSR count). The molecular formula is C11H22N2O3. The molecule has 0 saturated heterocycles. The van der Waals surface area contributed by atoms with E-state index in [1.807, 2.05) is 13.8 Å². The van der Waals surface area contributed by atoms with Gasteiger partial charge in [-0.2, -0.15) is 0 Å². The van der Waals surface area contributed by atoms with Crippen LogP contribution in [0.25, 0.3) is 0 Å². The lowest BCUT2D eigenvalue weighted by Crippen LogP contribution is -2.53. The first kappa shape index (κ1) is 14.9. The summed E-state index contributed by atoms with van der Waals surface area (Å²) in [7, 11) is 0. The summed E-state index contributed by atoms with van der Waals surface area (Å²) in [6, 6.07) is 0. The number of carbonyl (C=O) groups is 2. The van der Waals surface area contributed by atoms with Gasteiger partial charge in [0.15, 0.2) is 0 Å². The fourth-order valence-corrected chi connectivity index (χ4v) is 1.35. The molecule has 0 radical (unpaired) electrons. The van der Waals surface area contributed by atoms with E-state index in [0.29, 0.717) is 32.2 Å². The van der Waals surface area contributed by atoms with Crippen molar-refractivity contribution in [2.45, 2.75) is 51.5 Å². The quantitative estimate of drug-likeness (QED) is 0.539. The molecule has 0 fully saturated rings. The van der Waals surface area contributed by atoms with Crippen molar-refractivity contribution < 1.29 is 14.7 Å². The Balaban J connectivity index is 3.77. The third-order valence-corrected chi connectivity index (χ3v) is 2.82. The van der Waals surface area contributed by atoms with E-state index in [0.717, 1.165) is 0 Å². The normalized spacial score (nSPS) is 11.2. The Labute approximate surface area is 96.4 Å². The predicted molar refractivity (Wildman–Crippen MR) is 62.0 cm³/mol. The maximum Gasteiger partial charge on any atom is 0.303 e. The number of carboxylic acids is 1. The van der Waals surface area contributed by atoms with Crippen LogP contribution in [0.1, 0.15) is 46.0 Å². The molecule has 0 saturated carbocycles. The van der Waals surface area contributed by atoms with Gasteiger partial charge in [-0.25, -0.2) is 0 Å². The largest absolute Gasteiger partial charge is 0.481 e. The van der Waals surface area contributed by atoms with Crippen LogP contribution in [0.3, 0.4) is 0 Å². The van der Waals surface area contributed by atoms with Gasteiger partial charge in [-0.15, -0.1) is 0 Å². The summed E-state index contributed by atoms with van der Waals surface area (Å²) in [6.07, 6.45) is 2.59. The van der Waals surface area contributed by atoms with Crippen molar-refractivity contribution >= 4 is 11.9 Å². The van der Waals surface area contributed by atoms with E-state index in [1.165, 1.54) is 0 Å². The zero-order chi connectivity index (χ0) is 12.6. The third-order valence-electron chi connectivity index (χ3n) is 2.82. The van der Waals surface area contributed by atoms with E-state index in [-0.39, 0.29) is 12.3 Å². The van der Waals surface area contributed by atoms with E-state index in [2.05, 4.69) is 5.32 Å². The number of amides is 1. The number of aliphatic carboxylic acids is 1. The molecular weight excluding hydrogens is 208 g/mol. The van der Waals surface area contributed by atoms with Gasteiger partial charge in [0, 0.05) is 13.0 Å².